The summed E-state index contributed by atoms with van der Waals surface area (Å²) in [6.07, 6.45) is 10.9. The maximum Gasteiger partial charge on any atom is 0.134 e. The van der Waals surface area contributed by atoms with Crippen LogP contribution in [0.15, 0.2) is 52.5 Å². The molecule has 0 aromatic heterocycles. The number of amidine groups is 1. The number of rotatable bonds is 1. The molecule has 19 heavy (non-hydrogen) atoms. The summed E-state index contributed by atoms with van der Waals surface area (Å²) in [4.78, 5) is 9.27. The quantitative estimate of drug-likeness (QED) is 0.717. The Morgan fingerprint density at radius 2 is 2.00 bits per heavy atom. The smallest absolute Gasteiger partial charge is 0.134 e. The van der Waals surface area contributed by atoms with E-state index in [0.29, 0.717) is 0 Å². The van der Waals surface area contributed by atoms with Crippen molar-refractivity contribution >= 4 is 5.84 Å². The van der Waals surface area contributed by atoms with Gasteiger partial charge in [0, 0.05) is 36.8 Å². The molecule has 3 nitrogen and oxygen atoms in total. The van der Waals surface area contributed by atoms with Crippen molar-refractivity contribution < 1.29 is 0 Å². The Morgan fingerprint density at radius 1 is 1.21 bits per heavy atom. The van der Waals surface area contributed by atoms with Crippen molar-refractivity contribution in [3.8, 4) is 0 Å². The second-order valence-corrected chi connectivity index (χ2v) is 5.70. The van der Waals surface area contributed by atoms with Gasteiger partial charge >= 0.3 is 0 Å². The molecule has 0 unspecified atom stereocenters. The van der Waals surface area contributed by atoms with Gasteiger partial charge in [0.1, 0.15) is 5.84 Å². The summed E-state index contributed by atoms with van der Waals surface area (Å²) in [7, 11) is 0. The first-order valence-corrected chi connectivity index (χ1v) is 6.97. The van der Waals surface area contributed by atoms with Crippen molar-refractivity contribution in [2.45, 2.75) is 20.8 Å². The van der Waals surface area contributed by atoms with Crippen LogP contribution in [0.2, 0.25) is 0 Å². The van der Waals surface area contributed by atoms with Crippen LogP contribution in [-0.4, -0.2) is 35.3 Å². The lowest BCUT2D eigenvalue weighted by Gasteiger charge is -2.41. The van der Waals surface area contributed by atoms with Gasteiger partial charge in [0.15, 0.2) is 0 Å². The van der Waals surface area contributed by atoms with Gasteiger partial charge in [-0.3, -0.25) is 4.99 Å². The maximum atomic E-state index is 4.69. The van der Waals surface area contributed by atoms with E-state index in [9.17, 15) is 0 Å². The predicted molar refractivity (Wildman–Crippen MR) is 79.6 cm³/mol. The van der Waals surface area contributed by atoms with Crippen LogP contribution in [0.1, 0.15) is 20.8 Å². The molecule has 0 saturated carbocycles. The van der Waals surface area contributed by atoms with Crippen LogP contribution in [0.25, 0.3) is 0 Å². The molecule has 0 amide bonds. The van der Waals surface area contributed by atoms with Crippen molar-refractivity contribution in [3.63, 3.8) is 0 Å². The molecular weight excluding hydrogens is 234 g/mol. The summed E-state index contributed by atoms with van der Waals surface area (Å²) in [5.74, 6) is 1.87. The second-order valence-electron chi connectivity index (χ2n) is 5.70. The van der Waals surface area contributed by atoms with Crippen molar-refractivity contribution in [1.82, 2.24) is 9.80 Å². The van der Waals surface area contributed by atoms with E-state index in [2.05, 4.69) is 66.1 Å². The SMILES string of the molecule is CC1=CCN=C2C=C(N3CC(C)C3)C=CN2C(C)=C1. The molecule has 0 bridgehead atoms. The van der Waals surface area contributed by atoms with Crippen molar-refractivity contribution in [1.29, 1.82) is 0 Å². The van der Waals surface area contributed by atoms with Gasteiger partial charge < -0.3 is 9.80 Å². The number of likely N-dealkylation sites (tertiary alicyclic amines) is 1. The largest absolute Gasteiger partial charge is 0.371 e. The molecule has 100 valence electrons. The fourth-order valence-electron chi connectivity index (χ4n) is 2.74. The van der Waals surface area contributed by atoms with E-state index in [0.717, 1.165) is 31.4 Å². The van der Waals surface area contributed by atoms with Crippen LogP contribution in [0.4, 0.5) is 0 Å². The lowest BCUT2D eigenvalue weighted by molar-refractivity contribution is 0.163. The van der Waals surface area contributed by atoms with Gasteiger partial charge in [0.05, 0.1) is 6.54 Å². The molecular formula is C16H21N3. The zero-order valence-electron chi connectivity index (χ0n) is 11.9. The molecule has 0 N–H and O–H groups in total. The lowest BCUT2D eigenvalue weighted by atomic mass is 10.0. The summed E-state index contributed by atoms with van der Waals surface area (Å²) in [5, 5.41) is 0. The fourth-order valence-corrected chi connectivity index (χ4v) is 2.74. The summed E-state index contributed by atoms with van der Waals surface area (Å²) in [5.41, 5.74) is 3.79. The molecule has 0 aromatic carbocycles. The number of nitrogens with zero attached hydrogens (tertiary/aromatic N) is 3. The van der Waals surface area contributed by atoms with E-state index < -0.39 is 0 Å². The molecule has 0 aliphatic carbocycles. The van der Waals surface area contributed by atoms with E-state index in [-0.39, 0.29) is 0 Å². The van der Waals surface area contributed by atoms with Crippen LogP contribution in [0, 0.1) is 5.92 Å². The molecule has 3 heterocycles. The van der Waals surface area contributed by atoms with Crippen LogP contribution in [0.5, 0.6) is 0 Å². The Balaban J connectivity index is 1.87. The highest BCUT2D eigenvalue weighted by molar-refractivity contribution is 5.97. The van der Waals surface area contributed by atoms with Crippen molar-refractivity contribution in [2.24, 2.45) is 10.9 Å². The Bertz CT molecular complexity index is 528. The Morgan fingerprint density at radius 3 is 2.74 bits per heavy atom. The molecule has 3 rings (SSSR count). The summed E-state index contributed by atoms with van der Waals surface area (Å²) >= 11 is 0. The molecule has 1 saturated heterocycles. The first kappa shape index (κ1) is 12.3. The van der Waals surface area contributed by atoms with Crippen LogP contribution in [-0.2, 0) is 0 Å². The standard InChI is InChI=1S/C16H21N3/c1-12-4-6-17-16-9-15(18-10-13(2)11-18)5-7-19(16)14(3)8-12/h4-5,7-9,13H,6,10-11H2,1-3H3. The van der Waals surface area contributed by atoms with E-state index in [1.165, 1.54) is 17.0 Å². The highest BCUT2D eigenvalue weighted by Crippen LogP contribution is 2.25. The zero-order chi connectivity index (χ0) is 13.4. The molecule has 0 aromatic rings. The highest BCUT2D eigenvalue weighted by atomic mass is 15.2. The Kier molecular flexibility index (Phi) is 3.05. The molecule has 1 fully saturated rings. The minimum atomic E-state index is 0.759. The van der Waals surface area contributed by atoms with Gasteiger partial charge in [-0.1, -0.05) is 18.6 Å². The number of hydrogen-bond acceptors (Lipinski definition) is 3. The molecule has 3 aliphatic heterocycles. The first-order valence-electron chi connectivity index (χ1n) is 6.97. The summed E-state index contributed by atoms with van der Waals surface area (Å²) < 4.78 is 0. The van der Waals surface area contributed by atoms with Crippen molar-refractivity contribution in [3.05, 3.63) is 47.5 Å². The van der Waals surface area contributed by atoms with Crippen molar-refractivity contribution in [2.75, 3.05) is 19.6 Å². The fraction of sp³-hybridized carbons (Fsp3) is 0.438. The lowest BCUT2D eigenvalue weighted by Crippen LogP contribution is -2.45. The molecule has 0 atom stereocenters. The number of allylic oxidation sites excluding steroid dienone is 4. The van der Waals surface area contributed by atoms with Gasteiger partial charge in [0.2, 0.25) is 0 Å². The van der Waals surface area contributed by atoms with Gasteiger partial charge in [-0.15, -0.1) is 0 Å². The van der Waals surface area contributed by atoms with E-state index in [1.807, 2.05) is 0 Å². The van der Waals surface area contributed by atoms with Gasteiger partial charge in [-0.05, 0) is 31.9 Å². The van der Waals surface area contributed by atoms with E-state index in [1.54, 1.807) is 0 Å². The maximum absolute atomic E-state index is 4.69. The van der Waals surface area contributed by atoms with Crippen LogP contribution >= 0.6 is 0 Å². The average Bonchev–Trinajstić information content (AvgIpc) is 2.33. The molecule has 0 radical (unpaired) electrons. The third kappa shape index (κ3) is 2.37. The number of fused-ring (bicyclic) bond motifs is 1. The van der Waals surface area contributed by atoms with Gasteiger partial charge in [-0.25, -0.2) is 0 Å². The minimum absolute atomic E-state index is 0.759. The second kappa shape index (κ2) is 4.72. The number of aliphatic imine (C=N–C) groups is 1. The van der Waals surface area contributed by atoms with E-state index in [4.69, 9.17) is 0 Å². The highest BCUT2D eigenvalue weighted by Gasteiger charge is 2.26. The topological polar surface area (TPSA) is 18.8 Å². The third-order valence-corrected chi connectivity index (χ3v) is 3.83. The molecule has 3 heteroatoms. The number of hydrogen-bond donors (Lipinski definition) is 0. The summed E-state index contributed by atoms with van der Waals surface area (Å²) in [6, 6.07) is 0. The van der Waals surface area contributed by atoms with E-state index >= 15 is 0 Å². The van der Waals surface area contributed by atoms with Crippen LogP contribution in [0.3, 0.4) is 0 Å². The zero-order valence-corrected chi connectivity index (χ0v) is 11.9. The molecule has 3 aliphatic rings. The minimum Gasteiger partial charge on any atom is -0.371 e. The normalized spacial score (nSPS) is 23.5. The van der Waals surface area contributed by atoms with Gasteiger partial charge in [-0.2, -0.15) is 0 Å². The first-order chi connectivity index (χ1) is 9.13. The van der Waals surface area contributed by atoms with Crippen LogP contribution < -0.4 is 0 Å². The third-order valence-electron chi connectivity index (χ3n) is 3.83. The monoisotopic (exact) mass is 255 g/mol. The Hall–Kier alpha value is -1.77. The predicted octanol–water partition coefficient (Wildman–Crippen LogP) is 2.91. The van der Waals surface area contributed by atoms with Gasteiger partial charge in [0.25, 0.3) is 0 Å². The Labute approximate surface area is 115 Å². The average molecular weight is 255 g/mol. The summed E-state index contributed by atoms with van der Waals surface area (Å²) in [6.45, 7) is 9.64. The molecule has 0 spiro atoms.